The van der Waals surface area contributed by atoms with Crippen LogP contribution < -0.4 is 24.3 Å². The van der Waals surface area contributed by atoms with E-state index in [0.717, 1.165) is 5.56 Å². The molecule has 6 rings (SSSR count). The van der Waals surface area contributed by atoms with E-state index < -0.39 is 18.0 Å². The number of carbonyl (C=O) groups is 1. The molecule has 1 N–H and O–H groups in total. The Bertz CT molecular complexity index is 1010. The van der Waals surface area contributed by atoms with Crippen molar-refractivity contribution in [1.82, 2.24) is 0 Å². The maximum Gasteiger partial charge on any atom is 0.267 e. The summed E-state index contributed by atoms with van der Waals surface area (Å²) in [5.41, 5.74) is 0.0728. The van der Waals surface area contributed by atoms with Crippen LogP contribution in [0.5, 0.6) is 23.0 Å². The van der Waals surface area contributed by atoms with Crippen LogP contribution in [0.4, 0.5) is 5.69 Å². The van der Waals surface area contributed by atoms with Gasteiger partial charge in [0, 0.05) is 11.3 Å². The fraction of sp³-hybridized carbons (Fsp3) is 0.136. The Labute approximate surface area is 160 Å². The fourth-order valence-electron chi connectivity index (χ4n) is 4.05. The summed E-state index contributed by atoms with van der Waals surface area (Å²) in [6.45, 7) is 0. The van der Waals surface area contributed by atoms with Gasteiger partial charge in [-0.05, 0) is 30.3 Å². The second-order valence-corrected chi connectivity index (χ2v) is 6.90. The third-order valence-electron chi connectivity index (χ3n) is 5.37. The Morgan fingerprint density at radius 1 is 0.643 bits per heavy atom. The second-order valence-electron chi connectivity index (χ2n) is 6.90. The highest BCUT2D eigenvalue weighted by Gasteiger charge is 2.66. The van der Waals surface area contributed by atoms with Crippen LogP contribution in [0, 0.1) is 0 Å². The smallest absolute Gasteiger partial charge is 0.267 e. The summed E-state index contributed by atoms with van der Waals surface area (Å²) in [4.78, 5) is 13.4. The van der Waals surface area contributed by atoms with Crippen LogP contribution in [-0.4, -0.2) is 18.5 Å². The van der Waals surface area contributed by atoms with Crippen LogP contribution in [0.1, 0.15) is 5.56 Å². The average molecular weight is 373 g/mol. The van der Waals surface area contributed by atoms with Crippen LogP contribution in [0.3, 0.4) is 0 Å². The normalized spacial score (nSPS) is 18.8. The predicted molar refractivity (Wildman–Crippen MR) is 99.7 cm³/mol. The molecule has 0 saturated carbocycles. The van der Waals surface area contributed by atoms with Gasteiger partial charge in [-0.3, -0.25) is 4.79 Å². The van der Waals surface area contributed by atoms with Crippen molar-refractivity contribution in [2.75, 3.05) is 5.32 Å². The highest BCUT2D eigenvalue weighted by Crippen LogP contribution is 2.52. The first-order valence-electron chi connectivity index (χ1n) is 9.02. The molecular weight excluding hydrogens is 358 g/mol. The lowest BCUT2D eigenvalue weighted by atomic mass is 9.79. The highest BCUT2D eigenvalue weighted by atomic mass is 16.7. The van der Waals surface area contributed by atoms with E-state index in [2.05, 4.69) is 5.32 Å². The van der Waals surface area contributed by atoms with E-state index in [1.165, 1.54) is 0 Å². The van der Waals surface area contributed by atoms with E-state index >= 15 is 0 Å². The largest absolute Gasteiger partial charge is 0.449 e. The number of nitrogens with one attached hydrogen (secondary N) is 1. The van der Waals surface area contributed by atoms with Crippen molar-refractivity contribution in [3.8, 4) is 23.0 Å². The standard InChI is InChI=1S/C22H15NO5/c24-19-22(13-7-1-2-8-14(13)23-19,20-25-15-9-3-4-10-16(15)26-20)21-27-17-11-5-6-12-18(17)28-21/h1-12,20-21H,(H,23,24). The van der Waals surface area contributed by atoms with E-state index in [1.54, 1.807) is 0 Å². The minimum Gasteiger partial charge on any atom is -0.449 e. The molecule has 0 bridgehead atoms. The van der Waals surface area contributed by atoms with Crippen molar-refractivity contribution in [1.29, 1.82) is 0 Å². The third kappa shape index (κ3) is 1.89. The van der Waals surface area contributed by atoms with Crippen molar-refractivity contribution < 1.29 is 23.7 Å². The lowest BCUT2D eigenvalue weighted by Crippen LogP contribution is -2.60. The van der Waals surface area contributed by atoms with Gasteiger partial charge >= 0.3 is 0 Å². The number of ether oxygens (including phenoxy) is 4. The minimum atomic E-state index is -1.34. The highest BCUT2D eigenvalue weighted by molar-refractivity contribution is 6.07. The van der Waals surface area contributed by atoms with E-state index in [4.69, 9.17) is 18.9 Å². The Balaban J connectivity index is 1.51. The number of carbonyl (C=O) groups excluding carboxylic acids is 1. The summed E-state index contributed by atoms with van der Waals surface area (Å²) in [5, 5.41) is 2.94. The SMILES string of the molecule is O=C1Nc2ccccc2C1(C1Oc2ccccc2O1)C1Oc2ccccc2O1. The van der Waals surface area contributed by atoms with Gasteiger partial charge in [-0.25, -0.2) is 0 Å². The molecule has 0 atom stereocenters. The molecule has 3 heterocycles. The first-order chi connectivity index (χ1) is 13.8. The van der Waals surface area contributed by atoms with Gasteiger partial charge in [0.25, 0.3) is 18.5 Å². The van der Waals surface area contributed by atoms with Crippen LogP contribution in [0.25, 0.3) is 0 Å². The number of anilines is 1. The molecule has 138 valence electrons. The zero-order valence-corrected chi connectivity index (χ0v) is 14.6. The van der Waals surface area contributed by atoms with Crippen molar-refractivity contribution in [3.05, 3.63) is 78.4 Å². The van der Waals surface area contributed by atoms with Gasteiger partial charge in [-0.2, -0.15) is 0 Å². The van der Waals surface area contributed by atoms with Crippen LogP contribution >= 0.6 is 0 Å². The van der Waals surface area contributed by atoms with Crippen molar-refractivity contribution >= 4 is 11.6 Å². The lowest BCUT2D eigenvalue weighted by molar-refractivity contribution is -0.153. The zero-order chi connectivity index (χ0) is 18.7. The molecule has 0 fully saturated rings. The average Bonchev–Trinajstić information content (AvgIpc) is 3.40. The first kappa shape index (κ1) is 15.4. The minimum absolute atomic E-state index is 0.288. The molecule has 0 spiro atoms. The quantitative estimate of drug-likeness (QED) is 0.745. The maximum absolute atomic E-state index is 13.4. The van der Waals surface area contributed by atoms with E-state index in [1.807, 2.05) is 72.8 Å². The van der Waals surface area contributed by atoms with Crippen LogP contribution in [0.15, 0.2) is 72.8 Å². The molecular formula is C22H15NO5. The molecule has 0 aliphatic carbocycles. The van der Waals surface area contributed by atoms with Crippen LogP contribution in [-0.2, 0) is 10.2 Å². The van der Waals surface area contributed by atoms with Crippen molar-refractivity contribution in [2.24, 2.45) is 0 Å². The van der Waals surface area contributed by atoms with Gasteiger partial charge in [-0.1, -0.05) is 42.5 Å². The summed E-state index contributed by atoms with van der Waals surface area (Å²) in [7, 11) is 0. The van der Waals surface area contributed by atoms with E-state index in [-0.39, 0.29) is 5.91 Å². The molecule has 3 aromatic carbocycles. The van der Waals surface area contributed by atoms with E-state index in [0.29, 0.717) is 28.7 Å². The van der Waals surface area contributed by atoms with Gasteiger partial charge < -0.3 is 24.3 Å². The molecule has 1 amide bonds. The summed E-state index contributed by atoms with van der Waals surface area (Å²) in [5.74, 6) is 2.04. The molecule has 6 nitrogen and oxygen atoms in total. The summed E-state index contributed by atoms with van der Waals surface area (Å²) in [6.07, 6.45) is -1.87. The molecule has 6 heteroatoms. The number of fused-ring (bicyclic) bond motifs is 3. The van der Waals surface area contributed by atoms with Gasteiger partial charge in [0.1, 0.15) is 0 Å². The van der Waals surface area contributed by atoms with Crippen molar-refractivity contribution in [3.63, 3.8) is 0 Å². The summed E-state index contributed by atoms with van der Waals surface area (Å²) >= 11 is 0. The summed E-state index contributed by atoms with van der Waals surface area (Å²) in [6, 6.07) is 22.1. The number of para-hydroxylation sites is 5. The Morgan fingerprint density at radius 3 is 1.57 bits per heavy atom. The molecule has 0 radical (unpaired) electrons. The molecule has 3 aliphatic rings. The first-order valence-corrected chi connectivity index (χ1v) is 9.02. The van der Waals surface area contributed by atoms with Gasteiger partial charge in [-0.15, -0.1) is 0 Å². The Kier molecular flexibility index (Phi) is 2.98. The molecule has 3 aliphatic heterocycles. The lowest BCUT2D eigenvalue weighted by Gasteiger charge is -2.34. The maximum atomic E-state index is 13.4. The molecule has 3 aromatic rings. The number of hydrogen-bond acceptors (Lipinski definition) is 5. The monoisotopic (exact) mass is 373 g/mol. The van der Waals surface area contributed by atoms with E-state index in [9.17, 15) is 4.79 Å². The Morgan fingerprint density at radius 2 is 1.07 bits per heavy atom. The fourth-order valence-corrected chi connectivity index (χ4v) is 4.05. The van der Waals surface area contributed by atoms with Gasteiger partial charge in [0.2, 0.25) is 5.41 Å². The molecule has 0 saturated heterocycles. The topological polar surface area (TPSA) is 66.0 Å². The van der Waals surface area contributed by atoms with Gasteiger partial charge in [0.15, 0.2) is 23.0 Å². The predicted octanol–water partition coefficient (Wildman–Crippen LogP) is 3.47. The summed E-state index contributed by atoms with van der Waals surface area (Å²) < 4.78 is 24.4. The van der Waals surface area contributed by atoms with Crippen LogP contribution in [0.2, 0.25) is 0 Å². The zero-order valence-electron chi connectivity index (χ0n) is 14.6. The number of benzene rings is 3. The molecule has 0 unspecified atom stereocenters. The second kappa shape index (κ2) is 5.42. The van der Waals surface area contributed by atoms with Crippen molar-refractivity contribution in [2.45, 2.75) is 18.0 Å². The number of rotatable bonds is 2. The Hall–Kier alpha value is -3.67. The number of hydrogen-bond donors (Lipinski definition) is 1. The molecule has 28 heavy (non-hydrogen) atoms. The molecule has 0 aromatic heterocycles. The van der Waals surface area contributed by atoms with Gasteiger partial charge in [0.05, 0.1) is 0 Å². The number of amides is 1. The third-order valence-corrected chi connectivity index (χ3v) is 5.37.